The van der Waals surface area contributed by atoms with Gasteiger partial charge < -0.3 is 11.1 Å². The average Bonchev–Trinajstić information content (AvgIpc) is 2.46. The molecule has 110 valence electrons. The summed E-state index contributed by atoms with van der Waals surface area (Å²) < 4.78 is 26.3. The number of sulfonamides is 1. The van der Waals surface area contributed by atoms with Crippen molar-refractivity contribution in [1.29, 1.82) is 0 Å². The molecule has 6 nitrogen and oxygen atoms in total. The van der Waals surface area contributed by atoms with Gasteiger partial charge in [-0.2, -0.15) is 4.31 Å². The first-order chi connectivity index (χ1) is 9.45. The molecular weight excluding hydrogens is 278 g/mol. The van der Waals surface area contributed by atoms with E-state index in [1.165, 1.54) is 35.6 Å². The van der Waals surface area contributed by atoms with Gasteiger partial charge in [0.15, 0.2) is 0 Å². The lowest BCUT2D eigenvalue weighted by molar-refractivity contribution is 0.0963. The third kappa shape index (κ3) is 3.00. The van der Waals surface area contributed by atoms with Crippen LogP contribution in [0.1, 0.15) is 23.2 Å². The fourth-order valence-electron chi connectivity index (χ4n) is 2.26. The van der Waals surface area contributed by atoms with Crippen molar-refractivity contribution in [2.45, 2.75) is 23.8 Å². The molecule has 3 N–H and O–H groups in total. The molecular formula is C13H19N3O3S. The van der Waals surface area contributed by atoms with Gasteiger partial charge in [0.05, 0.1) is 4.90 Å². The largest absolute Gasteiger partial charge is 0.355 e. The van der Waals surface area contributed by atoms with Crippen LogP contribution in [0, 0.1) is 0 Å². The quantitative estimate of drug-likeness (QED) is 0.831. The van der Waals surface area contributed by atoms with E-state index >= 15 is 0 Å². The van der Waals surface area contributed by atoms with Gasteiger partial charge in [-0.05, 0) is 37.1 Å². The van der Waals surface area contributed by atoms with Gasteiger partial charge in [-0.15, -0.1) is 0 Å². The molecule has 0 aromatic heterocycles. The van der Waals surface area contributed by atoms with Gasteiger partial charge in [-0.1, -0.05) is 0 Å². The smallest absolute Gasteiger partial charge is 0.251 e. The third-order valence-corrected chi connectivity index (χ3v) is 5.28. The first kappa shape index (κ1) is 15.0. The summed E-state index contributed by atoms with van der Waals surface area (Å²) in [6.07, 6.45) is 1.62. The number of nitrogens with two attached hydrogens (primary N) is 1. The lowest BCUT2D eigenvalue weighted by Gasteiger charge is -2.29. The van der Waals surface area contributed by atoms with Crippen LogP contribution in [0.5, 0.6) is 0 Å². The molecule has 0 saturated carbocycles. The van der Waals surface area contributed by atoms with E-state index in [9.17, 15) is 13.2 Å². The van der Waals surface area contributed by atoms with Crippen molar-refractivity contribution < 1.29 is 13.2 Å². The molecule has 0 aliphatic carbocycles. The van der Waals surface area contributed by atoms with Crippen LogP contribution in [-0.4, -0.2) is 44.8 Å². The van der Waals surface area contributed by atoms with E-state index in [1.807, 2.05) is 0 Å². The molecule has 1 heterocycles. The first-order valence-corrected chi connectivity index (χ1v) is 7.97. The zero-order valence-electron chi connectivity index (χ0n) is 11.4. The van der Waals surface area contributed by atoms with E-state index < -0.39 is 10.0 Å². The summed E-state index contributed by atoms with van der Waals surface area (Å²) in [6, 6.07) is 5.83. The molecule has 1 fully saturated rings. The number of carbonyl (C=O) groups is 1. The summed E-state index contributed by atoms with van der Waals surface area (Å²) in [7, 11) is -1.99. The van der Waals surface area contributed by atoms with Crippen LogP contribution in [0.4, 0.5) is 0 Å². The van der Waals surface area contributed by atoms with Crippen LogP contribution in [0.15, 0.2) is 29.2 Å². The highest BCUT2D eigenvalue weighted by Gasteiger charge is 2.28. The van der Waals surface area contributed by atoms with Crippen LogP contribution in [0.25, 0.3) is 0 Å². The van der Waals surface area contributed by atoms with Crippen molar-refractivity contribution in [1.82, 2.24) is 9.62 Å². The second kappa shape index (κ2) is 5.90. The summed E-state index contributed by atoms with van der Waals surface area (Å²) in [4.78, 5) is 11.6. The van der Waals surface area contributed by atoms with Crippen molar-refractivity contribution in [3.05, 3.63) is 29.8 Å². The van der Waals surface area contributed by atoms with Gasteiger partial charge in [0.1, 0.15) is 0 Å². The zero-order valence-corrected chi connectivity index (χ0v) is 12.2. The molecule has 7 heteroatoms. The number of carbonyl (C=O) groups excluding carboxylic acids is 1. The summed E-state index contributed by atoms with van der Waals surface area (Å²) >= 11 is 0. The number of rotatable bonds is 3. The van der Waals surface area contributed by atoms with E-state index in [-0.39, 0.29) is 16.8 Å². The van der Waals surface area contributed by atoms with Crippen LogP contribution in [-0.2, 0) is 10.0 Å². The molecule has 0 spiro atoms. The van der Waals surface area contributed by atoms with Gasteiger partial charge in [0.2, 0.25) is 10.0 Å². The van der Waals surface area contributed by atoms with Crippen molar-refractivity contribution in [3.63, 3.8) is 0 Å². The number of hydrogen-bond acceptors (Lipinski definition) is 4. The van der Waals surface area contributed by atoms with Gasteiger partial charge in [-0.25, -0.2) is 8.42 Å². The Bertz CT molecular complexity index is 583. The standard InChI is InChI=1S/C13H19N3O3S/c1-15-13(17)10-4-6-12(7-5-10)20(18,19)16-8-2-3-11(14)9-16/h4-7,11H,2-3,8-9,14H2,1H3,(H,15,17)/t11-/m1/s1. The Morgan fingerprint density at radius 1 is 1.35 bits per heavy atom. The van der Waals surface area contributed by atoms with Gasteiger partial charge in [0.25, 0.3) is 5.91 Å². The van der Waals surface area contributed by atoms with Crippen molar-refractivity contribution in [3.8, 4) is 0 Å². The number of hydrogen-bond donors (Lipinski definition) is 2. The monoisotopic (exact) mass is 297 g/mol. The highest BCUT2D eigenvalue weighted by Crippen LogP contribution is 2.20. The third-order valence-electron chi connectivity index (χ3n) is 3.40. The fraction of sp³-hybridized carbons (Fsp3) is 0.462. The maximum absolute atomic E-state index is 12.5. The predicted octanol–water partition coefficient (Wildman–Crippen LogP) is 0.158. The minimum absolute atomic E-state index is 0.108. The molecule has 0 bridgehead atoms. The number of nitrogens with one attached hydrogen (secondary N) is 1. The Kier molecular flexibility index (Phi) is 4.42. The van der Waals surface area contributed by atoms with Gasteiger partial charge in [0, 0.05) is 31.7 Å². The van der Waals surface area contributed by atoms with Crippen LogP contribution >= 0.6 is 0 Å². The molecule has 1 aliphatic heterocycles. The minimum Gasteiger partial charge on any atom is -0.355 e. The first-order valence-electron chi connectivity index (χ1n) is 6.53. The molecule has 20 heavy (non-hydrogen) atoms. The van der Waals surface area contributed by atoms with E-state index in [1.54, 1.807) is 0 Å². The molecule has 1 saturated heterocycles. The summed E-state index contributed by atoms with van der Waals surface area (Å²) in [5.41, 5.74) is 6.25. The zero-order chi connectivity index (χ0) is 14.8. The second-order valence-corrected chi connectivity index (χ2v) is 6.81. The maximum Gasteiger partial charge on any atom is 0.251 e. The predicted molar refractivity (Wildman–Crippen MR) is 75.8 cm³/mol. The number of amides is 1. The Morgan fingerprint density at radius 2 is 2.00 bits per heavy atom. The van der Waals surface area contributed by atoms with Crippen molar-refractivity contribution >= 4 is 15.9 Å². The summed E-state index contributed by atoms with van der Waals surface area (Å²) in [6.45, 7) is 0.840. The highest BCUT2D eigenvalue weighted by atomic mass is 32.2. The summed E-state index contributed by atoms with van der Waals surface area (Å²) in [5.74, 6) is -0.242. The molecule has 0 radical (unpaired) electrons. The minimum atomic E-state index is -3.52. The number of benzene rings is 1. The van der Waals surface area contributed by atoms with Crippen molar-refractivity contribution in [2.24, 2.45) is 5.73 Å². The lowest BCUT2D eigenvalue weighted by atomic mass is 10.1. The SMILES string of the molecule is CNC(=O)c1ccc(S(=O)(=O)N2CCC[C@@H](N)C2)cc1. The Balaban J connectivity index is 2.23. The molecule has 0 unspecified atom stereocenters. The van der Waals surface area contributed by atoms with E-state index in [0.717, 1.165) is 12.8 Å². The molecule has 1 aliphatic rings. The molecule has 2 rings (SSSR count). The highest BCUT2D eigenvalue weighted by molar-refractivity contribution is 7.89. The van der Waals surface area contributed by atoms with Crippen molar-refractivity contribution in [2.75, 3.05) is 20.1 Å². The van der Waals surface area contributed by atoms with Crippen LogP contribution < -0.4 is 11.1 Å². The molecule has 1 amide bonds. The second-order valence-electron chi connectivity index (χ2n) is 4.87. The molecule has 1 aromatic carbocycles. The van der Waals surface area contributed by atoms with Gasteiger partial charge in [-0.3, -0.25) is 4.79 Å². The van der Waals surface area contributed by atoms with E-state index in [0.29, 0.717) is 18.7 Å². The van der Waals surface area contributed by atoms with E-state index in [2.05, 4.69) is 5.32 Å². The Hall–Kier alpha value is -1.44. The fourth-order valence-corrected chi connectivity index (χ4v) is 3.80. The van der Waals surface area contributed by atoms with Crippen LogP contribution in [0.2, 0.25) is 0 Å². The maximum atomic E-state index is 12.5. The van der Waals surface area contributed by atoms with Gasteiger partial charge >= 0.3 is 0 Å². The topological polar surface area (TPSA) is 92.5 Å². The molecule has 1 atom stereocenters. The molecule has 1 aromatic rings. The number of piperidine rings is 1. The summed E-state index contributed by atoms with van der Waals surface area (Å²) in [5, 5.41) is 2.49. The number of nitrogens with zero attached hydrogens (tertiary/aromatic N) is 1. The Labute approximate surface area is 119 Å². The van der Waals surface area contributed by atoms with Crippen LogP contribution in [0.3, 0.4) is 0 Å². The normalized spacial score (nSPS) is 20.6. The average molecular weight is 297 g/mol. The lowest BCUT2D eigenvalue weighted by Crippen LogP contribution is -2.45. The Morgan fingerprint density at radius 3 is 2.55 bits per heavy atom. The van der Waals surface area contributed by atoms with E-state index in [4.69, 9.17) is 5.73 Å².